The maximum atomic E-state index is 12.7. The Hall–Kier alpha value is -2.46. The van der Waals surface area contributed by atoms with Crippen LogP contribution >= 0.6 is 0 Å². The number of nitrogens with zero attached hydrogens (tertiary/aromatic N) is 1. The average molecular weight is 382 g/mol. The summed E-state index contributed by atoms with van der Waals surface area (Å²) >= 11 is 0. The van der Waals surface area contributed by atoms with Crippen LogP contribution in [0.5, 0.6) is 0 Å². The van der Waals surface area contributed by atoms with Crippen LogP contribution in [0.4, 0.5) is 0 Å². The summed E-state index contributed by atoms with van der Waals surface area (Å²) in [6, 6.07) is 2.53. The number of hydrogen-bond donors (Lipinski definition) is 2. The number of carboxylic acids is 1. The molecule has 1 fully saturated rings. The smallest absolute Gasteiger partial charge is 0.325 e. The number of rotatable bonds is 5. The van der Waals surface area contributed by atoms with E-state index in [1.54, 1.807) is 0 Å². The van der Waals surface area contributed by atoms with Crippen LogP contribution in [0.25, 0.3) is 0 Å². The molecule has 0 spiro atoms. The molecule has 0 aromatic heterocycles. The number of carboxylic acid groups (broad SMARTS) is 1. The van der Waals surface area contributed by atoms with E-state index in [1.165, 1.54) is 19.1 Å². The largest absolute Gasteiger partial charge is 0.480 e. The van der Waals surface area contributed by atoms with Crippen LogP contribution in [-0.4, -0.2) is 60.9 Å². The van der Waals surface area contributed by atoms with Crippen molar-refractivity contribution in [2.45, 2.75) is 36.8 Å². The highest BCUT2D eigenvalue weighted by atomic mass is 32.2. The lowest BCUT2D eigenvalue weighted by atomic mass is 10.1. The fourth-order valence-electron chi connectivity index (χ4n) is 2.91. The number of hydrogen-bond acceptors (Lipinski definition) is 6. The standard InChI is InChI=1S/C16H18N2O7S/c1-9(16(21)22)17-14(19)10-4-5-12-13(7-10)26(23,24)18(15(12)20)8-11-3-2-6-25-11/h4-5,7,9,11H,2-3,6,8H2,1H3,(H,17,19)(H,21,22)/t9-,11?/m0/s1. The Kier molecular flexibility index (Phi) is 4.72. The summed E-state index contributed by atoms with van der Waals surface area (Å²) in [6.45, 7) is 1.76. The van der Waals surface area contributed by atoms with E-state index in [0.717, 1.165) is 16.8 Å². The number of fused-ring (bicyclic) bond motifs is 1. The van der Waals surface area contributed by atoms with Gasteiger partial charge in [0.25, 0.3) is 21.8 Å². The van der Waals surface area contributed by atoms with Crippen LogP contribution < -0.4 is 5.32 Å². The molecule has 2 amide bonds. The lowest BCUT2D eigenvalue weighted by molar-refractivity contribution is -0.138. The summed E-state index contributed by atoms with van der Waals surface area (Å²) in [6.07, 6.45) is 1.16. The molecule has 0 aliphatic carbocycles. The van der Waals surface area contributed by atoms with Crippen molar-refractivity contribution in [1.82, 2.24) is 9.62 Å². The number of benzene rings is 1. The van der Waals surface area contributed by atoms with E-state index in [2.05, 4.69) is 5.32 Å². The first kappa shape index (κ1) is 18.3. The number of carbonyl (C=O) groups is 3. The summed E-state index contributed by atoms with van der Waals surface area (Å²) in [5, 5.41) is 11.1. The second-order valence-electron chi connectivity index (χ2n) is 6.22. The van der Waals surface area contributed by atoms with E-state index < -0.39 is 33.8 Å². The van der Waals surface area contributed by atoms with Gasteiger partial charge < -0.3 is 15.2 Å². The molecule has 0 saturated carbocycles. The zero-order chi connectivity index (χ0) is 19.1. The number of aliphatic carboxylic acids is 1. The zero-order valence-corrected chi connectivity index (χ0v) is 14.8. The fraction of sp³-hybridized carbons (Fsp3) is 0.438. The molecule has 1 aromatic carbocycles. The maximum Gasteiger partial charge on any atom is 0.325 e. The van der Waals surface area contributed by atoms with Gasteiger partial charge in [-0.3, -0.25) is 14.4 Å². The Morgan fingerprint density at radius 3 is 2.77 bits per heavy atom. The van der Waals surface area contributed by atoms with E-state index in [-0.39, 0.29) is 28.7 Å². The number of amides is 2. The molecule has 1 saturated heterocycles. The molecular formula is C16H18N2O7S. The van der Waals surface area contributed by atoms with E-state index in [9.17, 15) is 22.8 Å². The number of carbonyl (C=O) groups excluding carboxylic acids is 2. The van der Waals surface area contributed by atoms with Crippen molar-refractivity contribution in [3.8, 4) is 0 Å². The van der Waals surface area contributed by atoms with Gasteiger partial charge in [-0.15, -0.1) is 0 Å². The molecule has 1 unspecified atom stereocenters. The average Bonchev–Trinajstić information content (AvgIpc) is 3.16. The third kappa shape index (κ3) is 3.17. The first-order chi connectivity index (χ1) is 12.2. The Morgan fingerprint density at radius 2 is 2.15 bits per heavy atom. The molecule has 10 heteroatoms. The molecule has 9 nitrogen and oxygen atoms in total. The van der Waals surface area contributed by atoms with Crippen LogP contribution in [0.1, 0.15) is 40.5 Å². The fourth-order valence-corrected chi connectivity index (χ4v) is 4.54. The molecule has 1 aromatic rings. The van der Waals surface area contributed by atoms with Crippen molar-refractivity contribution < 1.29 is 32.6 Å². The minimum atomic E-state index is -4.08. The third-order valence-electron chi connectivity index (χ3n) is 4.38. The van der Waals surface area contributed by atoms with Crippen molar-refractivity contribution >= 4 is 27.8 Å². The van der Waals surface area contributed by atoms with Crippen molar-refractivity contribution in [3.05, 3.63) is 29.3 Å². The van der Waals surface area contributed by atoms with E-state index >= 15 is 0 Å². The molecule has 3 rings (SSSR count). The summed E-state index contributed by atoms with van der Waals surface area (Å²) in [4.78, 5) is 35.2. The maximum absolute atomic E-state index is 12.7. The van der Waals surface area contributed by atoms with Crippen molar-refractivity contribution in [2.75, 3.05) is 13.2 Å². The van der Waals surface area contributed by atoms with Crippen LogP contribution in [0.3, 0.4) is 0 Å². The van der Waals surface area contributed by atoms with Crippen molar-refractivity contribution in [2.24, 2.45) is 0 Å². The topological polar surface area (TPSA) is 130 Å². The predicted molar refractivity (Wildman–Crippen MR) is 88.2 cm³/mol. The highest BCUT2D eigenvalue weighted by Crippen LogP contribution is 2.32. The normalized spacial score (nSPS) is 22.1. The van der Waals surface area contributed by atoms with Gasteiger partial charge in [-0.1, -0.05) is 0 Å². The monoisotopic (exact) mass is 382 g/mol. The molecule has 2 atom stereocenters. The zero-order valence-electron chi connectivity index (χ0n) is 14.0. The second-order valence-corrected chi connectivity index (χ2v) is 8.05. The lowest BCUT2D eigenvalue weighted by Gasteiger charge is -2.18. The Labute approximate surface area is 150 Å². The van der Waals surface area contributed by atoms with Gasteiger partial charge in [0.05, 0.1) is 18.2 Å². The molecule has 140 valence electrons. The van der Waals surface area contributed by atoms with Gasteiger partial charge in [-0.25, -0.2) is 12.7 Å². The first-order valence-corrected chi connectivity index (χ1v) is 9.52. The molecule has 0 bridgehead atoms. The van der Waals surface area contributed by atoms with Gasteiger partial charge in [-0.05, 0) is 38.0 Å². The molecule has 26 heavy (non-hydrogen) atoms. The third-order valence-corrected chi connectivity index (χ3v) is 6.17. The Bertz CT molecular complexity index is 875. The van der Waals surface area contributed by atoms with E-state index in [4.69, 9.17) is 9.84 Å². The lowest BCUT2D eigenvalue weighted by Crippen LogP contribution is -2.38. The van der Waals surface area contributed by atoms with Crippen LogP contribution in [0.15, 0.2) is 23.1 Å². The van der Waals surface area contributed by atoms with E-state index in [0.29, 0.717) is 13.0 Å². The quantitative estimate of drug-likeness (QED) is 0.744. The molecule has 2 aliphatic rings. The second kappa shape index (κ2) is 6.69. The highest BCUT2D eigenvalue weighted by Gasteiger charge is 2.43. The first-order valence-electron chi connectivity index (χ1n) is 8.08. The molecule has 2 heterocycles. The highest BCUT2D eigenvalue weighted by molar-refractivity contribution is 7.90. The van der Waals surface area contributed by atoms with Gasteiger partial charge in [0.2, 0.25) is 0 Å². The Morgan fingerprint density at radius 1 is 1.42 bits per heavy atom. The van der Waals surface area contributed by atoms with Crippen LogP contribution in [0.2, 0.25) is 0 Å². The summed E-state index contributed by atoms with van der Waals surface area (Å²) < 4.78 is 31.6. The Balaban J connectivity index is 1.87. The molecular weight excluding hydrogens is 364 g/mol. The number of nitrogens with one attached hydrogen (secondary N) is 1. The molecule has 0 radical (unpaired) electrons. The number of ether oxygens (including phenoxy) is 1. The summed E-state index contributed by atoms with van der Waals surface area (Å²) in [7, 11) is -4.08. The van der Waals surface area contributed by atoms with Gasteiger partial charge >= 0.3 is 5.97 Å². The summed E-state index contributed by atoms with van der Waals surface area (Å²) in [5.41, 5.74) is -0.0435. The van der Waals surface area contributed by atoms with E-state index in [1.807, 2.05) is 0 Å². The molecule has 2 N–H and O–H groups in total. The molecule has 2 aliphatic heterocycles. The van der Waals surface area contributed by atoms with Crippen LogP contribution in [-0.2, 0) is 19.6 Å². The van der Waals surface area contributed by atoms with Gasteiger partial charge in [0.15, 0.2) is 0 Å². The van der Waals surface area contributed by atoms with Crippen LogP contribution in [0, 0.1) is 0 Å². The minimum absolute atomic E-state index is 0.00849. The predicted octanol–water partition coefficient (Wildman–Crippen LogP) is 0.213. The number of sulfonamides is 1. The van der Waals surface area contributed by atoms with Gasteiger partial charge in [0, 0.05) is 12.2 Å². The summed E-state index contributed by atoms with van der Waals surface area (Å²) in [5.74, 6) is -2.60. The van der Waals surface area contributed by atoms with Crippen molar-refractivity contribution in [1.29, 1.82) is 0 Å². The van der Waals surface area contributed by atoms with Gasteiger partial charge in [0.1, 0.15) is 10.9 Å². The van der Waals surface area contributed by atoms with Gasteiger partial charge in [-0.2, -0.15) is 0 Å². The minimum Gasteiger partial charge on any atom is -0.480 e. The van der Waals surface area contributed by atoms with Crippen molar-refractivity contribution in [3.63, 3.8) is 0 Å². The SMILES string of the molecule is C[C@H](NC(=O)c1ccc2c(c1)S(=O)(=O)N(CC1CCCO1)C2=O)C(=O)O.